The fraction of sp³-hybridized carbons (Fsp3) is 0.333. The van der Waals surface area contributed by atoms with Crippen molar-refractivity contribution in [2.24, 2.45) is 17.2 Å². The number of aromatic nitrogens is 2. The Kier molecular flexibility index (Phi) is 7.44. The topological polar surface area (TPSA) is 114 Å². The van der Waals surface area contributed by atoms with Gasteiger partial charge < -0.3 is 10.6 Å². The SMILES string of the molecule is CN=C(NCc1ccc(S(N)(=O)=O)s1)NCc1ccnn1C.I. The Hall–Kier alpha value is -1.18. The molecule has 0 aliphatic carbocycles. The van der Waals surface area contributed by atoms with E-state index in [-0.39, 0.29) is 28.2 Å². The second-order valence-corrected chi connectivity index (χ2v) is 7.45. The van der Waals surface area contributed by atoms with E-state index in [9.17, 15) is 8.42 Å². The van der Waals surface area contributed by atoms with Crippen LogP contribution >= 0.6 is 35.3 Å². The molecule has 0 radical (unpaired) electrons. The highest BCUT2D eigenvalue weighted by Crippen LogP contribution is 2.19. The van der Waals surface area contributed by atoms with E-state index >= 15 is 0 Å². The van der Waals surface area contributed by atoms with Gasteiger partial charge in [-0.3, -0.25) is 9.67 Å². The zero-order chi connectivity index (χ0) is 16.2. The number of halogens is 1. The fourth-order valence-corrected chi connectivity index (χ4v) is 3.46. The summed E-state index contributed by atoms with van der Waals surface area (Å²) < 4.78 is 24.4. The summed E-state index contributed by atoms with van der Waals surface area (Å²) in [6.07, 6.45) is 1.73. The van der Waals surface area contributed by atoms with E-state index in [4.69, 9.17) is 5.14 Å². The summed E-state index contributed by atoms with van der Waals surface area (Å²) in [6, 6.07) is 5.15. The van der Waals surface area contributed by atoms with Crippen LogP contribution in [0.15, 0.2) is 33.6 Å². The minimum absolute atomic E-state index is 0. The van der Waals surface area contributed by atoms with E-state index in [2.05, 4.69) is 20.7 Å². The minimum Gasteiger partial charge on any atom is -0.352 e. The zero-order valence-corrected chi connectivity index (χ0v) is 16.6. The van der Waals surface area contributed by atoms with E-state index in [1.807, 2.05) is 13.1 Å². The first-order chi connectivity index (χ1) is 10.4. The van der Waals surface area contributed by atoms with Gasteiger partial charge in [-0.1, -0.05) is 0 Å². The highest BCUT2D eigenvalue weighted by atomic mass is 127. The third-order valence-corrected chi connectivity index (χ3v) is 5.45. The second kappa shape index (κ2) is 8.61. The number of rotatable bonds is 5. The minimum atomic E-state index is -3.64. The van der Waals surface area contributed by atoms with Crippen LogP contribution < -0.4 is 15.8 Å². The summed E-state index contributed by atoms with van der Waals surface area (Å²) in [6.45, 7) is 1.05. The fourth-order valence-electron chi connectivity index (χ4n) is 1.75. The molecule has 11 heteroatoms. The molecule has 0 saturated heterocycles. The molecule has 0 aromatic carbocycles. The highest BCUT2D eigenvalue weighted by molar-refractivity contribution is 14.0. The van der Waals surface area contributed by atoms with Gasteiger partial charge in [0, 0.05) is 25.2 Å². The lowest BCUT2D eigenvalue weighted by Crippen LogP contribution is -2.36. The van der Waals surface area contributed by atoms with Gasteiger partial charge >= 0.3 is 0 Å². The molecular formula is C12H19IN6O2S2. The van der Waals surface area contributed by atoms with E-state index in [1.54, 1.807) is 24.0 Å². The number of hydrogen-bond acceptors (Lipinski definition) is 5. The molecule has 2 heterocycles. The van der Waals surface area contributed by atoms with Crippen molar-refractivity contribution in [1.82, 2.24) is 20.4 Å². The monoisotopic (exact) mass is 470 g/mol. The number of thiophene rings is 1. The molecule has 0 bridgehead atoms. The lowest BCUT2D eigenvalue weighted by atomic mass is 10.4. The highest BCUT2D eigenvalue weighted by Gasteiger charge is 2.11. The van der Waals surface area contributed by atoms with Crippen LogP contribution in [0, 0.1) is 0 Å². The third kappa shape index (κ3) is 5.75. The lowest BCUT2D eigenvalue weighted by Gasteiger charge is -2.11. The van der Waals surface area contributed by atoms with Gasteiger partial charge in [0.15, 0.2) is 5.96 Å². The molecule has 128 valence electrons. The van der Waals surface area contributed by atoms with Crippen molar-refractivity contribution in [3.63, 3.8) is 0 Å². The van der Waals surface area contributed by atoms with Crippen molar-refractivity contribution in [3.8, 4) is 0 Å². The van der Waals surface area contributed by atoms with Crippen LogP contribution in [0.25, 0.3) is 0 Å². The van der Waals surface area contributed by atoms with Crippen LogP contribution in [-0.4, -0.2) is 31.2 Å². The molecule has 23 heavy (non-hydrogen) atoms. The number of primary sulfonamides is 1. The molecule has 0 unspecified atom stereocenters. The predicted molar refractivity (Wildman–Crippen MR) is 101 cm³/mol. The first-order valence-corrected chi connectivity index (χ1v) is 8.79. The summed E-state index contributed by atoms with van der Waals surface area (Å²) >= 11 is 1.14. The number of nitrogens with two attached hydrogens (primary N) is 1. The molecule has 0 aliphatic heterocycles. The van der Waals surface area contributed by atoms with Crippen molar-refractivity contribution >= 4 is 51.3 Å². The molecular weight excluding hydrogens is 451 g/mol. The number of nitrogens with zero attached hydrogens (tertiary/aromatic N) is 3. The summed E-state index contributed by atoms with van der Waals surface area (Å²) in [4.78, 5) is 4.97. The van der Waals surface area contributed by atoms with Crippen LogP contribution in [0.3, 0.4) is 0 Å². The third-order valence-electron chi connectivity index (χ3n) is 2.93. The van der Waals surface area contributed by atoms with Crippen LogP contribution in [0.5, 0.6) is 0 Å². The Morgan fingerprint density at radius 1 is 1.35 bits per heavy atom. The van der Waals surface area contributed by atoms with E-state index in [1.165, 1.54) is 6.07 Å². The molecule has 2 aromatic heterocycles. The standard InChI is InChI=1S/C12H18N6O2S2.HI/c1-14-12(15-7-9-5-6-17-18(9)2)16-8-10-3-4-11(21-10)22(13,19)20;/h3-6H,7-8H2,1-2H3,(H2,13,19,20)(H2,14,15,16);1H. The van der Waals surface area contributed by atoms with E-state index in [0.29, 0.717) is 19.0 Å². The van der Waals surface area contributed by atoms with Crippen molar-refractivity contribution in [2.45, 2.75) is 17.3 Å². The Labute approximate surface area is 156 Å². The maximum Gasteiger partial charge on any atom is 0.247 e. The molecule has 0 aliphatic rings. The molecule has 0 atom stereocenters. The van der Waals surface area contributed by atoms with Gasteiger partial charge in [-0.15, -0.1) is 35.3 Å². The van der Waals surface area contributed by atoms with Crippen LogP contribution in [0.1, 0.15) is 10.6 Å². The van der Waals surface area contributed by atoms with Gasteiger partial charge in [0.1, 0.15) is 4.21 Å². The maximum absolute atomic E-state index is 11.2. The molecule has 4 N–H and O–H groups in total. The average Bonchev–Trinajstić information content (AvgIpc) is 3.08. The van der Waals surface area contributed by atoms with Crippen LogP contribution in [0.2, 0.25) is 0 Å². The summed E-state index contributed by atoms with van der Waals surface area (Å²) in [5.74, 6) is 0.617. The lowest BCUT2D eigenvalue weighted by molar-refractivity contribution is 0.600. The second-order valence-electron chi connectivity index (χ2n) is 4.49. The molecule has 2 aromatic rings. The van der Waals surface area contributed by atoms with Gasteiger partial charge in [0.25, 0.3) is 0 Å². The number of aryl methyl sites for hydroxylation is 1. The van der Waals surface area contributed by atoms with Crippen molar-refractivity contribution in [1.29, 1.82) is 0 Å². The van der Waals surface area contributed by atoms with Gasteiger partial charge in [0.2, 0.25) is 10.0 Å². The predicted octanol–water partition coefficient (Wildman–Crippen LogP) is 0.612. The number of guanidine groups is 1. The number of aliphatic imine (C=N–C) groups is 1. The van der Waals surface area contributed by atoms with Crippen molar-refractivity contribution < 1.29 is 8.42 Å². The molecule has 0 amide bonds. The van der Waals surface area contributed by atoms with Crippen molar-refractivity contribution in [2.75, 3.05) is 7.05 Å². The zero-order valence-electron chi connectivity index (χ0n) is 12.7. The van der Waals surface area contributed by atoms with E-state index in [0.717, 1.165) is 21.9 Å². The van der Waals surface area contributed by atoms with Crippen LogP contribution in [-0.2, 0) is 30.2 Å². The molecule has 0 fully saturated rings. The van der Waals surface area contributed by atoms with Gasteiger partial charge in [-0.25, -0.2) is 13.6 Å². The maximum atomic E-state index is 11.2. The van der Waals surface area contributed by atoms with Gasteiger partial charge in [-0.05, 0) is 18.2 Å². The number of hydrogen-bond donors (Lipinski definition) is 3. The smallest absolute Gasteiger partial charge is 0.247 e. The molecule has 2 rings (SSSR count). The Morgan fingerprint density at radius 3 is 2.57 bits per heavy atom. The largest absolute Gasteiger partial charge is 0.352 e. The van der Waals surface area contributed by atoms with E-state index < -0.39 is 10.0 Å². The number of nitrogens with one attached hydrogen (secondary N) is 2. The van der Waals surface area contributed by atoms with Gasteiger partial charge in [-0.2, -0.15) is 5.10 Å². The van der Waals surface area contributed by atoms with Gasteiger partial charge in [0.05, 0.1) is 18.8 Å². The first-order valence-electron chi connectivity index (χ1n) is 6.43. The van der Waals surface area contributed by atoms with Crippen molar-refractivity contribution in [3.05, 3.63) is 35.0 Å². The Bertz CT molecular complexity index is 768. The number of sulfonamides is 1. The Morgan fingerprint density at radius 2 is 2.04 bits per heavy atom. The first kappa shape index (κ1) is 19.9. The summed E-state index contributed by atoms with van der Waals surface area (Å²) in [5, 5.41) is 15.5. The summed E-state index contributed by atoms with van der Waals surface area (Å²) in [7, 11) is -0.0974. The molecule has 8 nitrogen and oxygen atoms in total. The van der Waals surface area contributed by atoms with Crippen LogP contribution in [0.4, 0.5) is 0 Å². The Balaban J connectivity index is 0.00000264. The average molecular weight is 470 g/mol. The molecule has 0 spiro atoms. The quantitative estimate of drug-likeness (QED) is 0.337. The molecule has 0 saturated carbocycles. The summed E-state index contributed by atoms with van der Waals surface area (Å²) in [5.41, 5.74) is 1.02. The normalized spacial score (nSPS) is 11.9.